The van der Waals surface area contributed by atoms with Crippen LogP contribution in [0.3, 0.4) is 0 Å². The highest BCUT2D eigenvalue weighted by molar-refractivity contribution is 7.81. The van der Waals surface area contributed by atoms with E-state index in [2.05, 4.69) is 8.37 Å². The van der Waals surface area contributed by atoms with E-state index in [1.54, 1.807) is 0 Å². The summed E-state index contributed by atoms with van der Waals surface area (Å²) in [6, 6.07) is 0. The third kappa shape index (κ3) is 16.4. The molecule has 16 N–H and O–H groups in total. The summed E-state index contributed by atoms with van der Waals surface area (Å²) in [6.07, 6.45) is -36.2. The van der Waals surface area contributed by atoms with E-state index in [0.29, 0.717) is 6.08 Å². The molecule has 35 nitrogen and oxygen atoms in total. The number of ether oxygens (including phenoxy) is 11. The smallest absolute Gasteiger partial charge is 0.397 e. The fourth-order valence-corrected chi connectivity index (χ4v) is 11.2. The van der Waals surface area contributed by atoms with E-state index in [1.165, 1.54) is 20.8 Å². The predicted molar refractivity (Wildman–Crippen MR) is 252 cm³/mol. The zero-order valence-corrected chi connectivity index (χ0v) is 44.8. The first kappa shape index (κ1) is 66.9. The van der Waals surface area contributed by atoms with Crippen LogP contribution in [0.2, 0.25) is 0 Å². The van der Waals surface area contributed by atoms with Gasteiger partial charge < -0.3 is 124 Å². The molecular formula is C44H70O35S2. The van der Waals surface area contributed by atoms with Crippen molar-refractivity contribution in [2.45, 2.75) is 155 Å². The lowest BCUT2D eigenvalue weighted by Gasteiger charge is -2.46. The molecule has 0 aromatic carbocycles. The van der Waals surface area contributed by atoms with Crippen LogP contribution in [0.1, 0.15) is 20.8 Å². The molecule has 0 radical (unpaired) electrons. The Bertz CT molecular complexity index is 2380. The van der Waals surface area contributed by atoms with Crippen LogP contribution in [0.5, 0.6) is 0 Å². The van der Waals surface area contributed by atoms with Gasteiger partial charge in [0.2, 0.25) is 24.1 Å². The standard InChI is InChI=1S/C44H70O35S2/c1-14-17(19(30(50)23(5-45)72-14)7-67-11-26-33(53)37(78-80(61,62)63)28(48)15(2)73-26)9-70-44-36(56)35(55)39(40(77-44)42(59)60)69-13-25-18(10-71-43-32(52)21(47)4-22(76-43)41(57)58)20(31(51)24(6-46)75-25)8-68-12-27-34(54)38(79-81(64,65)66)29(49)16(3)74-27/h4,14-21,23-38,43-56H,5-13H2,1-3H3,(H,57,58)(H,59,60)(H,61,62,63)(H,64,65,66). The minimum absolute atomic E-state index is 0.424. The van der Waals surface area contributed by atoms with Gasteiger partial charge in [0, 0.05) is 23.7 Å². The van der Waals surface area contributed by atoms with Crippen LogP contribution >= 0.6 is 0 Å². The van der Waals surface area contributed by atoms with Gasteiger partial charge in [-0.2, -0.15) is 16.8 Å². The first-order valence-corrected chi connectivity index (χ1v) is 27.8. The van der Waals surface area contributed by atoms with Crippen molar-refractivity contribution in [1.82, 2.24) is 0 Å². The SMILES string of the molecule is CC1OC(COCC2C(O)C(CO)OC(C)C2COC2OC(C(=O)O)=C(OCC3OC(CO)C(O)C(COCC4OC(C)C(O)C(OS(=O)(=O)O)C4O)C3COC3OC(C(=O)O)=CC(O)C3O)C(O)C2O)C(O)C(OS(=O)(=O)O)C1O. The monoisotopic (exact) mass is 1220 g/mol. The summed E-state index contributed by atoms with van der Waals surface area (Å²) >= 11 is 0. The second-order valence-electron chi connectivity index (χ2n) is 20.1. The molecule has 0 amide bonds. The quantitative estimate of drug-likeness (QED) is 0.0378. The highest BCUT2D eigenvalue weighted by Crippen LogP contribution is 2.38. The van der Waals surface area contributed by atoms with Gasteiger partial charge in [-0.05, 0) is 26.8 Å². The molecule has 6 aliphatic heterocycles. The second kappa shape index (κ2) is 28.3. The Labute approximate surface area is 461 Å². The number of carbonyl (C=O) groups is 2. The molecule has 81 heavy (non-hydrogen) atoms. The summed E-state index contributed by atoms with van der Waals surface area (Å²) in [5, 5.41) is 149. The molecule has 468 valence electrons. The van der Waals surface area contributed by atoms with Crippen molar-refractivity contribution in [2.24, 2.45) is 23.7 Å². The molecule has 4 fully saturated rings. The van der Waals surface area contributed by atoms with Crippen molar-refractivity contribution in [3.63, 3.8) is 0 Å². The number of aliphatic hydroxyl groups is 12. The number of rotatable bonds is 25. The molecule has 37 heteroatoms. The minimum atomic E-state index is -5.22. The van der Waals surface area contributed by atoms with E-state index >= 15 is 0 Å². The van der Waals surface area contributed by atoms with Crippen molar-refractivity contribution < 1.29 is 167 Å². The highest BCUT2D eigenvalue weighted by Gasteiger charge is 2.52. The number of aliphatic hydroxyl groups excluding tert-OH is 12. The Hall–Kier alpha value is -3.24. The largest absolute Gasteiger partial charge is 0.488 e. The normalized spacial score (nSPS) is 42.6. The first-order chi connectivity index (χ1) is 37.9. The van der Waals surface area contributed by atoms with Gasteiger partial charge in [-0.15, -0.1) is 0 Å². The van der Waals surface area contributed by atoms with Crippen LogP contribution in [0.4, 0.5) is 0 Å². The van der Waals surface area contributed by atoms with Crippen LogP contribution in [0.25, 0.3) is 0 Å². The molecule has 26 unspecified atom stereocenters. The molecule has 6 heterocycles. The van der Waals surface area contributed by atoms with Crippen molar-refractivity contribution in [3.8, 4) is 0 Å². The maximum atomic E-state index is 12.8. The van der Waals surface area contributed by atoms with Gasteiger partial charge in [0.05, 0.1) is 89.5 Å². The molecule has 0 bridgehead atoms. The van der Waals surface area contributed by atoms with Crippen LogP contribution in [0.15, 0.2) is 23.4 Å². The third-order valence-corrected chi connectivity index (χ3v) is 15.6. The topological polar surface area (TPSA) is 546 Å². The van der Waals surface area contributed by atoms with Crippen LogP contribution in [-0.4, -0.2) is 303 Å². The van der Waals surface area contributed by atoms with Crippen LogP contribution in [-0.2, 0) is 90.9 Å². The number of carboxylic acids is 2. The summed E-state index contributed by atoms with van der Waals surface area (Å²) < 4.78 is 136. The fraction of sp³-hybridized carbons (Fsp3) is 0.864. The Kier molecular flexibility index (Phi) is 23.4. The average molecular weight is 1220 g/mol. The lowest BCUT2D eigenvalue weighted by Crippen LogP contribution is -2.59. The molecule has 0 saturated carbocycles. The van der Waals surface area contributed by atoms with Crippen LogP contribution in [0, 0.1) is 23.7 Å². The zero-order valence-electron chi connectivity index (χ0n) is 43.2. The Morgan fingerprint density at radius 3 is 1.42 bits per heavy atom. The maximum absolute atomic E-state index is 12.8. The van der Waals surface area contributed by atoms with Crippen molar-refractivity contribution in [1.29, 1.82) is 0 Å². The van der Waals surface area contributed by atoms with Gasteiger partial charge in [0.15, 0.2) is 5.76 Å². The highest BCUT2D eigenvalue weighted by atomic mass is 32.3. The van der Waals surface area contributed by atoms with Gasteiger partial charge in [-0.1, -0.05) is 0 Å². The maximum Gasteiger partial charge on any atom is 0.397 e. The van der Waals surface area contributed by atoms with Crippen molar-refractivity contribution in [3.05, 3.63) is 23.4 Å². The first-order valence-electron chi connectivity index (χ1n) is 25.1. The Morgan fingerprint density at radius 1 is 0.494 bits per heavy atom. The van der Waals surface area contributed by atoms with Gasteiger partial charge in [-0.3, -0.25) is 9.11 Å². The summed E-state index contributed by atoms with van der Waals surface area (Å²) in [6.45, 7) is -1.89. The lowest BCUT2D eigenvalue weighted by atomic mass is 9.79. The molecule has 0 aliphatic carbocycles. The fourth-order valence-electron chi connectivity index (χ4n) is 10.2. The third-order valence-electron chi connectivity index (χ3n) is 14.7. The number of carboxylic acid groups (broad SMARTS) is 2. The van der Waals surface area contributed by atoms with Gasteiger partial charge in [0.25, 0.3) is 0 Å². The van der Waals surface area contributed by atoms with E-state index in [-0.39, 0.29) is 0 Å². The van der Waals surface area contributed by atoms with Gasteiger partial charge in [0.1, 0.15) is 92.1 Å². The summed E-state index contributed by atoms with van der Waals surface area (Å²) in [5.41, 5.74) is 0. The molecule has 26 atom stereocenters. The zero-order chi connectivity index (χ0) is 60.2. The molecular weight excluding hydrogens is 1150 g/mol. The summed E-state index contributed by atoms with van der Waals surface area (Å²) in [5.74, 6) is -11.2. The number of hydrogen-bond acceptors (Lipinski definition) is 31. The van der Waals surface area contributed by atoms with E-state index < -0.39 is 268 Å². The number of aliphatic carboxylic acids is 2. The minimum Gasteiger partial charge on any atom is -0.488 e. The molecule has 4 saturated heterocycles. The van der Waals surface area contributed by atoms with Crippen molar-refractivity contribution >= 4 is 32.7 Å². The molecule has 0 aromatic rings. The Morgan fingerprint density at radius 2 is 0.951 bits per heavy atom. The van der Waals surface area contributed by atoms with Gasteiger partial charge >= 0.3 is 32.7 Å². The van der Waals surface area contributed by atoms with E-state index in [0.717, 1.165) is 0 Å². The molecule has 6 rings (SSSR count). The summed E-state index contributed by atoms with van der Waals surface area (Å²) in [4.78, 5) is 24.5. The predicted octanol–water partition coefficient (Wildman–Crippen LogP) is -8.39. The van der Waals surface area contributed by atoms with Gasteiger partial charge in [-0.25, -0.2) is 18.0 Å². The molecule has 0 aromatic heterocycles. The van der Waals surface area contributed by atoms with Crippen LogP contribution < -0.4 is 0 Å². The molecule has 6 aliphatic rings. The van der Waals surface area contributed by atoms with Crippen molar-refractivity contribution in [2.75, 3.05) is 59.5 Å². The van der Waals surface area contributed by atoms with E-state index in [9.17, 15) is 107 Å². The van der Waals surface area contributed by atoms with E-state index in [1.807, 2.05) is 0 Å². The summed E-state index contributed by atoms with van der Waals surface area (Å²) in [7, 11) is -10.4. The second-order valence-corrected chi connectivity index (χ2v) is 22.2. The average Bonchev–Trinajstić information content (AvgIpc) is 3.42. The molecule has 0 spiro atoms. The van der Waals surface area contributed by atoms with E-state index in [4.69, 9.17) is 52.1 Å². The lowest BCUT2D eigenvalue weighted by molar-refractivity contribution is -0.257. The Balaban J connectivity index is 1.19. The number of hydrogen-bond donors (Lipinski definition) is 16.